The molecule has 1 aromatic carbocycles. The summed E-state index contributed by atoms with van der Waals surface area (Å²) in [6.07, 6.45) is 0.267. The minimum Gasteiger partial charge on any atom is -0.385 e. The molecule has 1 aliphatic carbocycles. The highest BCUT2D eigenvalue weighted by Crippen LogP contribution is 2.49. The normalized spacial score (nSPS) is 20.6. The third kappa shape index (κ3) is 1.53. The summed E-state index contributed by atoms with van der Waals surface area (Å²) in [5.74, 6) is 0. The SMILES string of the molecule is CC(F)c1c(Cl)cccc1C1(O)CC1. The van der Waals surface area contributed by atoms with Crippen LogP contribution in [0.25, 0.3) is 0 Å². The standard InChI is InChI=1S/C11H12ClFO/c1-7(13)10-8(11(14)5-6-11)3-2-4-9(10)12/h2-4,7,14H,5-6H2,1H3. The first-order valence-corrected chi connectivity index (χ1v) is 5.08. The molecule has 0 radical (unpaired) electrons. The number of hydrogen-bond acceptors (Lipinski definition) is 1. The molecule has 1 fully saturated rings. The Balaban J connectivity index is 2.53. The molecule has 2 rings (SSSR count). The lowest BCUT2D eigenvalue weighted by Crippen LogP contribution is -2.09. The molecular formula is C11H12ClFO. The Morgan fingerprint density at radius 3 is 2.64 bits per heavy atom. The third-order valence-corrected chi connectivity index (χ3v) is 3.01. The van der Waals surface area contributed by atoms with Crippen LogP contribution in [0.4, 0.5) is 4.39 Å². The predicted octanol–water partition coefficient (Wildman–Crippen LogP) is 3.35. The van der Waals surface area contributed by atoms with Crippen LogP contribution in [0.1, 0.15) is 37.1 Å². The molecule has 1 atom stereocenters. The van der Waals surface area contributed by atoms with Crippen molar-refractivity contribution >= 4 is 11.6 Å². The summed E-state index contributed by atoms with van der Waals surface area (Å²) in [6, 6.07) is 5.16. The van der Waals surface area contributed by atoms with E-state index in [-0.39, 0.29) is 0 Å². The molecule has 1 unspecified atom stereocenters. The van der Waals surface area contributed by atoms with E-state index in [4.69, 9.17) is 11.6 Å². The topological polar surface area (TPSA) is 20.2 Å². The number of rotatable bonds is 2. The van der Waals surface area contributed by atoms with Gasteiger partial charge in [-0.25, -0.2) is 4.39 Å². The van der Waals surface area contributed by atoms with Crippen LogP contribution >= 0.6 is 11.6 Å². The van der Waals surface area contributed by atoms with Crippen LogP contribution in [0.15, 0.2) is 18.2 Å². The fourth-order valence-corrected chi connectivity index (χ4v) is 2.06. The van der Waals surface area contributed by atoms with Crippen molar-refractivity contribution in [3.8, 4) is 0 Å². The van der Waals surface area contributed by atoms with E-state index in [1.807, 2.05) is 0 Å². The third-order valence-electron chi connectivity index (χ3n) is 2.68. The number of alkyl halides is 1. The van der Waals surface area contributed by atoms with Crippen molar-refractivity contribution in [2.24, 2.45) is 0 Å². The minimum absolute atomic E-state index is 0.401. The zero-order chi connectivity index (χ0) is 10.3. The lowest BCUT2D eigenvalue weighted by atomic mass is 9.98. The van der Waals surface area contributed by atoms with Gasteiger partial charge in [0.15, 0.2) is 0 Å². The molecule has 0 amide bonds. The fraction of sp³-hybridized carbons (Fsp3) is 0.455. The summed E-state index contributed by atoms with van der Waals surface area (Å²) in [4.78, 5) is 0. The molecule has 1 N–H and O–H groups in total. The Kier molecular flexibility index (Phi) is 2.28. The van der Waals surface area contributed by atoms with Crippen LogP contribution in [0, 0.1) is 0 Å². The summed E-state index contributed by atoms with van der Waals surface area (Å²) in [6.45, 7) is 1.44. The molecular weight excluding hydrogens is 203 g/mol. The van der Waals surface area contributed by atoms with Gasteiger partial charge in [0.05, 0.1) is 5.60 Å². The summed E-state index contributed by atoms with van der Waals surface area (Å²) < 4.78 is 13.3. The molecule has 0 aromatic heterocycles. The number of halogens is 2. The highest BCUT2D eigenvalue weighted by atomic mass is 35.5. The number of benzene rings is 1. The van der Waals surface area contributed by atoms with E-state index >= 15 is 0 Å². The van der Waals surface area contributed by atoms with Crippen LogP contribution in [0.3, 0.4) is 0 Å². The second kappa shape index (κ2) is 3.21. The molecule has 14 heavy (non-hydrogen) atoms. The van der Waals surface area contributed by atoms with Crippen LogP contribution in [0.5, 0.6) is 0 Å². The number of aliphatic hydroxyl groups is 1. The van der Waals surface area contributed by atoms with Gasteiger partial charge in [0.25, 0.3) is 0 Å². The highest BCUT2D eigenvalue weighted by molar-refractivity contribution is 6.31. The predicted molar refractivity (Wildman–Crippen MR) is 54.1 cm³/mol. The molecule has 0 bridgehead atoms. The van der Waals surface area contributed by atoms with Gasteiger partial charge in [0.2, 0.25) is 0 Å². The quantitative estimate of drug-likeness (QED) is 0.801. The van der Waals surface area contributed by atoms with E-state index in [1.165, 1.54) is 6.92 Å². The first kappa shape index (κ1) is 9.94. The van der Waals surface area contributed by atoms with E-state index in [1.54, 1.807) is 18.2 Å². The summed E-state index contributed by atoms with van der Waals surface area (Å²) in [7, 11) is 0. The van der Waals surface area contributed by atoms with Crippen LogP contribution < -0.4 is 0 Å². The zero-order valence-corrected chi connectivity index (χ0v) is 8.68. The Morgan fingerprint density at radius 1 is 1.50 bits per heavy atom. The maximum absolute atomic E-state index is 13.3. The Labute approximate surface area is 87.5 Å². The molecule has 76 valence electrons. The van der Waals surface area contributed by atoms with Crippen LogP contribution in [-0.2, 0) is 5.60 Å². The van der Waals surface area contributed by atoms with Gasteiger partial charge in [-0.3, -0.25) is 0 Å². The molecule has 0 heterocycles. The maximum Gasteiger partial charge on any atom is 0.124 e. The lowest BCUT2D eigenvalue weighted by Gasteiger charge is -2.16. The van der Waals surface area contributed by atoms with Crippen molar-refractivity contribution in [3.05, 3.63) is 34.3 Å². The van der Waals surface area contributed by atoms with Gasteiger partial charge in [0.1, 0.15) is 6.17 Å². The smallest absolute Gasteiger partial charge is 0.124 e. The first-order chi connectivity index (χ1) is 6.54. The minimum atomic E-state index is -1.14. The van der Waals surface area contributed by atoms with Crippen molar-refractivity contribution < 1.29 is 9.50 Å². The Morgan fingerprint density at radius 2 is 2.14 bits per heavy atom. The van der Waals surface area contributed by atoms with E-state index in [2.05, 4.69) is 0 Å². The lowest BCUT2D eigenvalue weighted by molar-refractivity contribution is 0.148. The monoisotopic (exact) mass is 214 g/mol. The summed E-state index contributed by atoms with van der Waals surface area (Å²) >= 11 is 5.91. The Hall–Kier alpha value is -0.600. The van der Waals surface area contributed by atoms with Crippen molar-refractivity contribution in [1.29, 1.82) is 0 Å². The molecule has 0 spiro atoms. The van der Waals surface area contributed by atoms with E-state index in [9.17, 15) is 9.50 Å². The van der Waals surface area contributed by atoms with Gasteiger partial charge in [-0.05, 0) is 31.4 Å². The second-order valence-electron chi connectivity index (χ2n) is 3.85. The van der Waals surface area contributed by atoms with Crippen molar-refractivity contribution in [3.63, 3.8) is 0 Å². The second-order valence-corrected chi connectivity index (χ2v) is 4.26. The zero-order valence-electron chi connectivity index (χ0n) is 7.93. The van der Waals surface area contributed by atoms with Gasteiger partial charge in [0, 0.05) is 10.6 Å². The van der Waals surface area contributed by atoms with Crippen molar-refractivity contribution in [1.82, 2.24) is 0 Å². The van der Waals surface area contributed by atoms with Gasteiger partial charge in [-0.1, -0.05) is 23.7 Å². The number of hydrogen-bond donors (Lipinski definition) is 1. The van der Waals surface area contributed by atoms with Gasteiger partial charge < -0.3 is 5.11 Å². The highest BCUT2D eigenvalue weighted by Gasteiger charge is 2.44. The average molecular weight is 215 g/mol. The van der Waals surface area contributed by atoms with Gasteiger partial charge >= 0.3 is 0 Å². The molecule has 0 saturated heterocycles. The van der Waals surface area contributed by atoms with E-state index < -0.39 is 11.8 Å². The largest absolute Gasteiger partial charge is 0.385 e. The van der Waals surface area contributed by atoms with Crippen LogP contribution in [0.2, 0.25) is 5.02 Å². The maximum atomic E-state index is 13.3. The molecule has 0 aliphatic heterocycles. The average Bonchev–Trinajstić information content (AvgIpc) is 2.84. The molecule has 1 nitrogen and oxygen atoms in total. The molecule has 1 aliphatic rings. The fourth-order valence-electron chi connectivity index (χ4n) is 1.73. The summed E-state index contributed by atoms with van der Waals surface area (Å²) in [5, 5.41) is 10.3. The van der Waals surface area contributed by atoms with Crippen LogP contribution in [-0.4, -0.2) is 5.11 Å². The van der Waals surface area contributed by atoms with E-state index in [0.717, 1.165) is 0 Å². The van der Waals surface area contributed by atoms with Gasteiger partial charge in [-0.2, -0.15) is 0 Å². The first-order valence-electron chi connectivity index (χ1n) is 4.70. The van der Waals surface area contributed by atoms with E-state index in [0.29, 0.717) is 29.0 Å². The van der Waals surface area contributed by atoms with Crippen molar-refractivity contribution in [2.75, 3.05) is 0 Å². The Bertz CT molecular complexity index is 358. The van der Waals surface area contributed by atoms with Gasteiger partial charge in [-0.15, -0.1) is 0 Å². The molecule has 1 saturated carbocycles. The molecule has 3 heteroatoms. The molecule has 1 aromatic rings. The summed E-state index contributed by atoms with van der Waals surface area (Å²) in [5.41, 5.74) is 0.273. The van der Waals surface area contributed by atoms with Crippen molar-refractivity contribution in [2.45, 2.75) is 31.5 Å².